The van der Waals surface area contributed by atoms with Gasteiger partial charge in [0.2, 0.25) is 0 Å². The van der Waals surface area contributed by atoms with E-state index in [2.05, 4.69) is 5.32 Å². The predicted octanol–water partition coefficient (Wildman–Crippen LogP) is 4.23. The van der Waals surface area contributed by atoms with Gasteiger partial charge >= 0.3 is 12.0 Å². The highest BCUT2D eigenvalue weighted by Gasteiger charge is 2.37. The van der Waals surface area contributed by atoms with Crippen LogP contribution in [0.2, 0.25) is 0 Å². The number of barbiturate groups is 1. The maximum atomic E-state index is 13.3. The molecule has 1 fully saturated rings. The van der Waals surface area contributed by atoms with Crippen molar-refractivity contribution >= 4 is 46.9 Å². The van der Waals surface area contributed by atoms with E-state index >= 15 is 0 Å². The molecule has 1 N–H and O–H groups in total. The molecule has 186 valence electrons. The van der Waals surface area contributed by atoms with Gasteiger partial charge in [-0.05, 0) is 63.1 Å². The third-order valence-electron chi connectivity index (χ3n) is 6.14. The molecule has 0 bridgehead atoms. The normalized spacial score (nSPS) is 14.9. The van der Waals surface area contributed by atoms with Crippen LogP contribution in [0, 0.1) is 27.7 Å². The van der Waals surface area contributed by atoms with Crippen molar-refractivity contribution in [2.24, 2.45) is 0 Å². The van der Waals surface area contributed by atoms with Gasteiger partial charge in [0.05, 0.1) is 25.5 Å². The van der Waals surface area contributed by atoms with Gasteiger partial charge in [0.1, 0.15) is 16.3 Å². The van der Waals surface area contributed by atoms with Gasteiger partial charge in [-0.15, -0.1) is 11.3 Å². The smallest absolute Gasteiger partial charge is 0.341 e. The van der Waals surface area contributed by atoms with Gasteiger partial charge in [-0.2, -0.15) is 0 Å². The van der Waals surface area contributed by atoms with Gasteiger partial charge in [0.25, 0.3) is 11.8 Å². The number of imide groups is 2. The predicted molar refractivity (Wildman–Crippen MR) is 136 cm³/mol. The molecule has 1 saturated heterocycles. The number of thiophene rings is 1. The number of ether oxygens (including phenoxy) is 2. The molecule has 1 aromatic carbocycles. The minimum absolute atomic E-state index is 0.190. The summed E-state index contributed by atoms with van der Waals surface area (Å²) in [6, 6.07) is 7.42. The fraction of sp³-hybridized carbons (Fsp3) is 0.231. The van der Waals surface area contributed by atoms with E-state index in [0.717, 1.165) is 26.7 Å². The minimum atomic E-state index is -0.840. The zero-order chi connectivity index (χ0) is 26.3. The van der Waals surface area contributed by atoms with E-state index in [0.29, 0.717) is 21.9 Å². The lowest BCUT2D eigenvalue weighted by molar-refractivity contribution is -0.122. The molecular formula is C26H25N3O6S. The van der Waals surface area contributed by atoms with Crippen LogP contribution in [0.1, 0.15) is 37.7 Å². The van der Waals surface area contributed by atoms with Crippen molar-refractivity contribution in [2.45, 2.75) is 27.7 Å². The summed E-state index contributed by atoms with van der Waals surface area (Å²) in [4.78, 5) is 53.0. The van der Waals surface area contributed by atoms with Crippen molar-refractivity contribution in [3.8, 4) is 10.8 Å². The molecule has 0 unspecified atom stereocenters. The van der Waals surface area contributed by atoms with Crippen LogP contribution in [-0.4, -0.2) is 42.6 Å². The van der Waals surface area contributed by atoms with Crippen molar-refractivity contribution in [1.29, 1.82) is 0 Å². The SMILES string of the molecule is COC(=O)c1c(-n2c(C)cc(/C=C3\C(=O)NC(=O)N(c4cccc(OC)c4)C3=O)c2C)sc(C)c1C. The Labute approximate surface area is 211 Å². The first kappa shape index (κ1) is 24.9. The Morgan fingerprint density at radius 1 is 1.06 bits per heavy atom. The van der Waals surface area contributed by atoms with E-state index in [-0.39, 0.29) is 11.3 Å². The number of carbonyl (C=O) groups excluding carboxylic acids is 4. The molecule has 0 aliphatic carbocycles. The van der Waals surface area contributed by atoms with E-state index in [4.69, 9.17) is 9.47 Å². The number of amides is 4. The van der Waals surface area contributed by atoms with Crippen molar-refractivity contribution in [2.75, 3.05) is 19.1 Å². The van der Waals surface area contributed by atoms with Crippen LogP contribution in [0.5, 0.6) is 5.75 Å². The summed E-state index contributed by atoms with van der Waals surface area (Å²) in [5.74, 6) is -1.51. The molecule has 10 heteroatoms. The standard InChI is InChI=1S/C26H25N3O6S/c1-13-10-17(15(3)28(13)24-21(25(32)35-6)14(2)16(4)36-24)11-20-22(30)27-26(33)29(23(20)31)18-8-7-9-19(12-18)34-5/h7-12H,1-6H3,(H,27,30,33)/b20-11+. The summed E-state index contributed by atoms with van der Waals surface area (Å²) in [7, 11) is 2.82. The fourth-order valence-corrected chi connectivity index (χ4v) is 5.41. The van der Waals surface area contributed by atoms with Crippen LogP contribution in [-0.2, 0) is 14.3 Å². The largest absolute Gasteiger partial charge is 0.497 e. The molecule has 0 radical (unpaired) electrons. The molecule has 3 heterocycles. The lowest BCUT2D eigenvalue weighted by atomic mass is 10.1. The highest BCUT2D eigenvalue weighted by Crippen LogP contribution is 2.35. The van der Waals surface area contributed by atoms with Crippen LogP contribution in [0.25, 0.3) is 11.1 Å². The third kappa shape index (κ3) is 4.09. The summed E-state index contributed by atoms with van der Waals surface area (Å²) < 4.78 is 12.1. The van der Waals surface area contributed by atoms with Gasteiger partial charge in [-0.1, -0.05) is 6.07 Å². The second-order valence-corrected chi connectivity index (χ2v) is 9.48. The molecule has 2 aromatic heterocycles. The number of anilines is 1. The first-order valence-electron chi connectivity index (χ1n) is 11.0. The molecule has 1 aliphatic heterocycles. The lowest BCUT2D eigenvalue weighted by Gasteiger charge is -2.26. The quantitative estimate of drug-likeness (QED) is 0.315. The number of aromatic nitrogens is 1. The first-order valence-corrected chi connectivity index (χ1v) is 11.8. The molecule has 9 nitrogen and oxygen atoms in total. The maximum Gasteiger partial charge on any atom is 0.341 e. The Morgan fingerprint density at radius 2 is 1.78 bits per heavy atom. The van der Waals surface area contributed by atoms with E-state index in [1.807, 2.05) is 38.3 Å². The number of nitrogens with one attached hydrogen (secondary N) is 1. The molecule has 3 aromatic rings. The van der Waals surface area contributed by atoms with Crippen molar-refractivity contribution < 1.29 is 28.7 Å². The average molecular weight is 508 g/mol. The number of carbonyl (C=O) groups is 4. The van der Waals surface area contributed by atoms with Crippen molar-refractivity contribution in [3.05, 3.63) is 68.9 Å². The maximum absolute atomic E-state index is 13.3. The minimum Gasteiger partial charge on any atom is -0.497 e. The molecule has 4 rings (SSSR count). The van der Waals surface area contributed by atoms with Crippen molar-refractivity contribution in [1.82, 2.24) is 9.88 Å². The van der Waals surface area contributed by atoms with Gasteiger partial charge in [-0.25, -0.2) is 14.5 Å². The molecule has 0 saturated carbocycles. The zero-order valence-electron chi connectivity index (χ0n) is 20.7. The average Bonchev–Trinajstić information content (AvgIpc) is 3.29. The van der Waals surface area contributed by atoms with Gasteiger partial charge in [-0.3, -0.25) is 14.9 Å². The Balaban J connectivity index is 1.81. The van der Waals surface area contributed by atoms with Crippen LogP contribution in [0.15, 0.2) is 35.9 Å². The molecule has 0 spiro atoms. The number of urea groups is 1. The number of rotatable bonds is 5. The second kappa shape index (κ2) is 9.46. The van der Waals surface area contributed by atoms with E-state index in [1.165, 1.54) is 37.7 Å². The summed E-state index contributed by atoms with van der Waals surface area (Å²) in [5.41, 5.74) is 3.51. The molecule has 1 aliphatic rings. The van der Waals surface area contributed by atoms with Crippen LogP contribution >= 0.6 is 11.3 Å². The number of esters is 1. The number of hydrogen-bond donors (Lipinski definition) is 1. The fourth-order valence-electron chi connectivity index (χ4n) is 4.15. The summed E-state index contributed by atoms with van der Waals surface area (Å²) in [6.45, 7) is 7.51. The Kier molecular flexibility index (Phi) is 6.55. The zero-order valence-corrected chi connectivity index (χ0v) is 21.5. The molecule has 36 heavy (non-hydrogen) atoms. The topological polar surface area (TPSA) is 107 Å². The Bertz CT molecular complexity index is 1460. The highest BCUT2D eigenvalue weighted by molar-refractivity contribution is 7.15. The third-order valence-corrected chi connectivity index (χ3v) is 7.34. The Hall–Kier alpha value is -4.18. The summed E-state index contributed by atoms with van der Waals surface area (Å²) in [6.07, 6.45) is 1.46. The lowest BCUT2D eigenvalue weighted by Crippen LogP contribution is -2.54. The second-order valence-electron chi connectivity index (χ2n) is 8.28. The molecular weight excluding hydrogens is 482 g/mol. The number of methoxy groups -OCH3 is 2. The van der Waals surface area contributed by atoms with E-state index < -0.39 is 23.8 Å². The van der Waals surface area contributed by atoms with Crippen molar-refractivity contribution in [3.63, 3.8) is 0 Å². The van der Waals surface area contributed by atoms with Gasteiger partial charge < -0.3 is 14.0 Å². The number of benzene rings is 1. The van der Waals surface area contributed by atoms with Gasteiger partial charge in [0.15, 0.2) is 0 Å². The number of hydrogen-bond acceptors (Lipinski definition) is 7. The summed E-state index contributed by atoms with van der Waals surface area (Å²) in [5, 5.41) is 2.93. The number of nitrogens with zero attached hydrogens (tertiary/aromatic N) is 2. The first-order chi connectivity index (χ1) is 17.1. The van der Waals surface area contributed by atoms with E-state index in [9.17, 15) is 19.2 Å². The molecule has 0 atom stereocenters. The van der Waals surface area contributed by atoms with E-state index in [1.54, 1.807) is 18.2 Å². The monoisotopic (exact) mass is 507 g/mol. The van der Waals surface area contributed by atoms with Crippen LogP contribution in [0.3, 0.4) is 0 Å². The van der Waals surface area contributed by atoms with Crippen LogP contribution in [0.4, 0.5) is 10.5 Å². The van der Waals surface area contributed by atoms with Crippen LogP contribution < -0.4 is 15.0 Å². The Morgan fingerprint density at radius 3 is 2.44 bits per heavy atom. The van der Waals surface area contributed by atoms with Gasteiger partial charge in [0, 0.05) is 22.3 Å². The molecule has 4 amide bonds. The summed E-state index contributed by atoms with van der Waals surface area (Å²) >= 11 is 1.46. The highest BCUT2D eigenvalue weighted by atomic mass is 32.1. The number of aryl methyl sites for hydroxylation is 2.